The number of hydrogen-bond acceptors (Lipinski definition) is 1. The average Bonchev–Trinajstić information content (AvgIpc) is 2.76. The number of ether oxygens (including phenoxy) is 1. The van der Waals surface area contributed by atoms with Gasteiger partial charge in [0.05, 0.1) is 0 Å². The summed E-state index contributed by atoms with van der Waals surface area (Å²) in [5, 5.41) is 0. The van der Waals surface area contributed by atoms with Gasteiger partial charge >= 0.3 is 12.1 Å². The molecule has 0 atom stereocenters. The third kappa shape index (κ3) is 6.56. The molecule has 1 aromatic rings. The molecule has 7 heteroatoms. The highest BCUT2D eigenvalue weighted by Gasteiger charge is 2.32. The zero-order chi connectivity index (χ0) is 22.4. The van der Waals surface area contributed by atoms with Gasteiger partial charge in [-0.2, -0.15) is 13.2 Å². The maximum Gasteiger partial charge on any atom is 0.344 e. The van der Waals surface area contributed by atoms with Crippen LogP contribution in [0.3, 0.4) is 0 Å². The predicted molar refractivity (Wildman–Crippen MR) is 116 cm³/mol. The largest absolute Gasteiger partial charge is 0.422 e. The van der Waals surface area contributed by atoms with Crippen LogP contribution >= 0.6 is 0 Å². The first-order valence-corrected chi connectivity index (χ1v) is 14.1. The highest BCUT2D eigenvalue weighted by molar-refractivity contribution is 6.60. The van der Waals surface area contributed by atoms with Crippen LogP contribution < -0.4 is 4.74 Å². The average molecular weight is 461 g/mol. The fourth-order valence-electron chi connectivity index (χ4n) is 5.60. The van der Waals surface area contributed by atoms with Crippen LogP contribution in [0.1, 0.15) is 82.6 Å². The van der Waals surface area contributed by atoms with Gasteiger partial charge in [-0.05, 0) is 47.9 Å². The molecule has 2 fully saturated rings. The molecule has 1 heterocycles. The first kappa shape index (κ1) is 24.3. The van der Waals surface area contributed by atoms with E-state index in [1.165, 1.54) is 63.5 Å². The SMILES string of the molecule is CCCCC[C@H]1CC[C@H]([SiH]2CCC(c3cc(F)c(OC(F)=C(F)F)c(F)c3)CC2)CC1. The molecule has 1 saturated carbocycles. The second-order valence-corrected chi connectivity index (χ2v) is 13.0. The minimum Gasteiger partial charge on any atom is -0.422 e. The van der Waals surface area contributed by atoms with Gasteiger partial charge in [-0.1, -0.05) is 70.4 Å². The summed E-state index contributed by atoms with van der Waals surface area (Å²) in [7, 11) is -0.847. The van der Waals surface area contributed by atoms with Gasteiger partial charge in [0, 0.05) is 8.80 Å². The molecule has 2 aliphatic rings. The molecule has 0 unspecified atom stereocenters. The summed E-state index contributed by atoms with van der Waals surface area (Å²) in [6.45, 7) is 2.24. The van der Waals surface area contributed by atoms with E-state index in [0.717, 1.165) is 36.4 Å². The van der Waals surface area contributed by atoms with Crippen LogP contribution in [0.5, 0.6) is 5.75 Å². The first-order chi connectivity index (χ1) is 14.9. The van der Waals surface area contributed by atoms with Crippen molar-refractivity contribution in [3.05, 3.63) is 41.4 Å². The monoisotopic (exact) mass is 460 g/mol. The summed E-state index contributed by atoms with van der Waals surface area (Å²) in [4.78, 5) is 0. The number of halogens is 5. The van der Waals surface area contributed by atoms with Crippen LogP contribution in [-0.4, -0.2) is 8.80 Å². The lowest BCUT2D eigenvalue weighted by Gasteiger charge is -2.37. The molecule has 31 heavy (non-hydrogen) atoms. The van der Waals surface area contributed by atoms with Crippen molar-refractivity contribution in [2.75, 3.05) is 0 Å². The quantitative estimate of drug-likeness (QED) is 0.163. The van der Waals surface area contributed by atoms with Crippen molar-refractivity contribution < 1.29 is 26.7 Å². The van der Waals surface area contributed by atoms with Gasteiger partial charge < -0.3 is 4.74 Å². The van der Waals surface area contributed by atoms with Gasteiger partial charge in [0.1, 0.15) is 0 Å². The van der Waals surface area contributed by atoms with E-state index < -0.39 is 38.3 Å². The smallest absolute Gasteiger partial charge is 0.344 e. The zero-order valence-corrected chi connectivity index (χ0v) is 19.4. The lowest BCUT2D eigenvalue weighted by atomic mass is 9.85. The molecule has 0 aromatic heterocycles. The summed E-state index contributed by atoms with van der Waals surface area (Å²) < 4.78 is 69.7. The van der Waals surface area contributed by atoms with Crippen molar-refractivity contribution in [3.8, 4) is 5.75 Å². The first-order valence-electron chi connectivity index (χ1n) is 11.8. The van der Waals surface area contributed by atoms with Crippen molar-refractivity contribution in [2.45, 2.75) is 94.7 Å². The van der Waals surface area contributed by atoms with Gasteiger partial charge in [-0.15, -0.1) is 0 Å². The van der Waals surface area contributed by atoms with E-state index in [4.69, 9.17) is 0 Å². The highest BCUT2D eigenvalue weighted by Crippen LogP contribution is 2.44. The third-order valence-electron chi connectivity index (χ3n) is 7.38. The molecular formula is C24H33F5OSi. The third-order valence-corrected chi connectivity index (χ3v) is 11.5. The molecule has 0 radical (unpaired) electrons. The Hall–Kier alpha value is -1.37. The summed E-state index contributed by atoms with van der Waals surface area (Å²) in [5.41, 5.74) is 1.41. The molecule has 1 aliphatic heterocycles. The van der Waals surface area contributed by atoms with Crippen LogP contribution in [0.25, 0.3) is 0 Å². The number of unbranched alkanes of at least 4 members (excludes halogenated alkanes) is 2. The van der Waals surface area contributed by atoms with Gasteiger partial charge in [-0.3, -0.25) is 0 Å². The Morgan fingerprint density at radius 1 is 0.935 bits per heavy atom. The molecule has 1 aliphatic carbocycles. The summed E-state index contributed by atoms with van der Waals surface area (Å²) in [6.07, 6.45) is 9.88. The van der Waals surface area contributed by atoms with Crippen LogP contribution in [0.4, 0.5) is 22.0 Å². The van der Waals surface area contributed by atoms with Crippen molar-refractivity contribution in [2.24, 2.45) is 5.92 Å². The van der Waals surface area contributed by atoms with Gasteiger partial charge in [0.25, 0.3) is 0 Å². The highest BCUT2D eigenvalue weighted by atomic mass is 28.3. The Morgan fingerprint density at radius 2 is 1.55 bits per heavy atom. The van der Waals surface area contributed by atoms with Crippen molar-refractivity contribution in [1.82, 2.24) is 0 Å². The Kier molecular flexibility index (Phi) is 8.99. The molecule has 3 rings (SSSR count). The molecule has 1 nitrogen and oxygen atoms in total. The van der Waals surface area contributed by atoms with Gasteiger partial charge in [-0.25, -0.2) is 8.78 Å². The molecule has 0 spiro atoms. The van der Waals surface area contributed by atoms with E-state index in [1.54, 1.807) is 0 Å². The standard InChI is InChI=1S/C24H33F5OSi/c1-2-3-4-5-16-6-8-19(9-7-16)31-12-10-17(11-13-31)18-14-20(25)22(21(26)15-18)30-24(29)23(27)28/h14-17,19,31H,2-13H2,1H3/t16-,17?,19-,31?. The molecule has 174 valence electrons. The Labute approximate surface area is 183 Å². The maximum atomic E-state index is 14.2. The Balaban J connectivity index is 1.51. The van der Waals surface area contributed by atoms with Crippen molar-refractivity contribution in [3.63, 3.8) is 0 Å². The second-order valence-electron chi connectivity index (χ2n) is 9.34. The van der Waals surface area contributed by atoms with Gasteiger partial charge in [0.15, 0.2) is 11.6 Å². The fraction of sp³-hybridized carbons (Fsp3) is 0.667. The van der Waals surface area contributed by atoms with Crippen molar-refractivity contribution in [1.29, 1.82) is 0 Å². The topological polar surface area (TPSA) is 9.23 Å². The number of rotatable bonds is 8. The zero-order valence-electron chi connectivity index (χ0n) is 18.2. The Bertz CT molecular complexity index is 725. The van der Waals surface area contributed by atoms with E-state index >= 15 is 0 Å². The normalized spacial score (nSPS) is 26.5. The molecule has 0 bridgehead atoms. The number of benzene rings is 1. The van der Waals surface area contributed by atoms with E-state index in [0.29, 0.717) is 5.56 Å². The molecule has 1 saturated heterocycles. The van der Waals surface area contributed by atoms with Crippen LogP contribution in [0, 0.1) is 17.6 Å². The fourth-order valence-corrected chi connectivity index (χ4v) is 9.82. The maximum absolute atomic E-state index is 14.2. The molecule has 0 amide bonds. The lowest BCUT2D eigenvalue weighted by molar-refractivity contribution is 0.226. The van der Waals surface area contributed by atoms with E-state index in [2.05, 4.69) is 11.7 Å². The summed E-state index contributed by atoms with van der Waals surface area (Å²) in [5.74, 6) is -2.44. The molecule has 1 aromatic carbocycles. The van der Waals surface area contributed by atoms with Crippen LogP contribution in [0.2, 0.25) is 17.6 Å². The minimum absolute atomic E-state index is 0.0606. The van der Waals surface area contributed by atoms with Crippen molar-refractivity contribution >= 4 is 8.80 Å². The molecule has 0 N–H and O–H groups in total. The minimum atomic E-state index is -2.75. The second kappa shape index (κ2) is 11.5. The number of hydrogen-bond donors (Lipinski definition) is 0. The van der Waals surface area contributed by atoms with E-state index in [-0.39, 0.29) is 5.92 Å². The lowest BCUT2D eigenvalue weighted by Crippen LogP contribution is -2.29. The van der Waals surface area contributed by atoms with E-state index in [1.807, 2.05) is 0 Å². The van der Waals surface area contributed by atoms with Crippen LogP contribution in [0.15, 0.2) is 24.2 Å². The molecular weight excluding hydrogens is 427 g/mol. The Morgan fingerprint density at radius 3 is 2.10 bits per heavy atom. The predicted octanol–water partition coefficient (Wildman–Crippen LogP) is 8.62. The summed E-state index contributed by atoms with van der Waals surface area (Å²) >= 11 is 0. The van der Waals surface area contributed by atoms with Gasteiger partial charge in [0.2, 0.25) is 5.75 Å². The van der Waals surface area contributed by atoms with E-state index in [9.17, 15) is 22.0 Å². The van der Waals surface area contributed by atoms with Crippen LogP contribution in [-0.2, 0) is 0 Å². The summed E-state index contributed by atoms with van der Waals surface area (Å²) in [6, 6.07) is 2.30.